The van der Waals surface area contributed by atoms with Gasteiger partial charge in [-0.05, 0) is 51.4 Å². The van der Waals surface area contributed by atoms with Crippen LogP contribution in [0.2, 0.25) is 0 Å². The van der Waals surface area contributed by atoms with Crippen LogP contribution in [0.3, 0.4) is 0 Å². The number of aliphatic hydroxyl groups is 1. The molecule has 0 aromatic rings. The number of unbranched alkanes of at least 4 members (excludes halogenated alkanes) is 54. The van der Waals surface area contributed by atoms with Gasteiger partial charge in [-0.1, -0.05) is 371 Å². The maximum atomic E-state index is 13.1. The molecule has 3 unspecified atom stereocenters. The Morgan fingerprint density at radius 3 is 0.976 bits per heavy atom. The van der Waals surface area contributed by atoms with Crippen LogP contribution in [-0.4, -0.2) is 68.5 Å². The van der Waals surface area contributed by atoms with Crippen LogP contribution in [0.25, 0.3) is 0 Å². The number of phosphoric ester groups is 1. The van der Waals surface area contributed by atoms with E-state index in [4.69, 9.17) is 9.05 Å². The number of allylic oxidation sites excluding steroid dienone is 5. The third kappa shape index (κ3) is 70.0. The number of aliphatic hydroxyl groups excluding tert-OH is 1. The molecule has 0 fully saturated rings. The number of carbonyl (C=O) groups is 1. The quantitative estimate of drug-likeness (QED) is 0.0272. The number of amides is 1. The summed E-state index contributed by atoms with van der Waals surface area (Å²) in [4.78, 5) is 25.7. The molecule has 0 saturated heterocycles. The molecule has 0 radical (unpaired) electrons. The van der Waals surface area contributed by atoms with Gasteiger partial charge in [0.15, 0.2) is 0 Å². The van der Waals surface area contributed by atoms with Crippen LogP contribution in [0.5, 0.6) is 0 Å². The van der Waals surface area contributed by atoms with E-state index >= 15 is 0 Å². The molecule has 1 amide bonds. The normalized spacial score (nSPS) is 13.7. The fourth-order valence-electron chi connectivity index (χ4n) is 11.7. The van der Waals surface area contributed by atoms with E-state index in [1.165, 1.54) is 327 Å². The maximum absolute atomic E-state index is 13.1. The van der Waals surface area contributed by atoms with E-state index in [2.05, 4.69) is 43.5 Å². The van der Waals surface area contributed by atoms with E-state index in [9.17, 15) is 19.4 Å². The average molecular weight is 1220 g/mol. The molecular formula is C76H149N2O6P. The van der Waals surface area contributed by atoms with Gasteiger partial charge >= 0.3 is 0 Å². The predicted molar refractivity (Wildman–Crippen MR) is 372 cm³/mol. The lowest BCUT2D eigenvalue weighted by atomic mass is 10.0. The van der Waals surface area contributed by atoms with Crippen LogP contribution in [0, 0.1) is 0 Å². The fourth-order valence-corrected chi connectivity index (χ4v) is 12.4. The van der Waals surface area contributed by atoms with Gasteiger partial charge in [-0.2, -0.15) is 0 Å². The second-order valence-corrected chi connectivity index (χ2v) is 28.8. The third-order valence-corrected chi connectivity index (χ3v) is 18.6. The van der Waals surface area contributed by atoms with E-state index in [-0.39, 0.29) is 19.1 Å². The number of quaternary nitrogens is 1. The monoisotopic (exact) mass is 1220 g/mol. The van der Waals surface area contributed by atoms with Crippen LogP contribution in [0.15, 0.2) is 36.5 Å². The molecule has 85 heavy (non-hydrogen) atoms. The standard InChI is InChI=1S/C76H149N2O6P/c1-6-8-10-12-14-16-18-20-22-24-26-28-30-32-34-36-38-40-41-43-45-47-49-51-53-55-57-59-61-63-65-67-69-75(79)74(73-84-85(81,82)83-72-71-78(3,4)5)77-76(80)70-68-66-64-62-60-58-56-54-52-50-48-46-44-42-39-37-35-33-31-29-27-25-23-21-19-17-15-13-11-9-7-2/h19,21,25,27,67,69,74-75,79H,6-18,20,22-24,26,28-66,68,70-73H2,1-5H3,(H-,77,80,81,82)/b21-19-,27-25-,69-67+. The smallest absolute Gasteiger partial charge is 0.268 e. The second-order valence-electron chi connectivity index (χ2n) is 27.4. The summed E-state index contributed by atoms with van der Waals surface area (Å²) in [6.45, 7) is 4.70. The maximum Gasteiger partial charge on any atom is 0.268 e. The summed E-state index contributed by atoms with van der Waals surface area (Å²) < 4.78 is 23.5. The van der Waals surface area contributed by atoms with Gasteiger partial charge < -0.3 is 28.8 Å². The van der Waals surface area contributed by atoms with E-state index in [0.717, 1.165) is 44.9 Å². The molecule has 0 bridgehead atoms. The van der Waals surface area contributed by atoms with E-state index in [1.54, 1.807) is 6.08 Å². The molecule has 504 valence electrons. The lowest BCUT2D eigenvalue weighted by Crippen LogP contribution is -2.45. The highest BCUT2D eigenvalue weighted by Crippen LogP contribution is 2.38. The number of hydrogen-bond acceptors (Lipinski definition) is 6. The number of nitrogens with zero attached hydrogens (tertiary/aromatic N) is 1. The molecule has 0 aliphatic rings. The first kappa shape index (κ1) is 83.7. The van der Waals surface area contributed by atoms with Crippen molar-refractivity contribution in [2.24, 2.45) is 0 Å². The molecule has 0 aliphatic heterocycles. The predicted octanol–water partition coefficient (Wildman–Crippen LogP) is 23.8. The molecule has 3 atom stereocenters. The molecule has 0 aromatic heterocycles. The zero-order valence-corrected chi connectivity index (χ0v) is 58.7. The second kappa shape index (κ2) is 67.1. The largest absolute Gasteiger partial charge is 0.756 e. The zero-order chi connectivity index (χ0) is 61.9. The molecule has 0 rings (SSSR count). The zero-order valence-electron chi connectivity index (χ0n) is 57.8. The SMILES string of the molecule is CCCCCCC/C=C\C/C=C\CCCCCCCCCCCCCCCCCCCCCC(=O)NC(COP(=O)([O-])OCC[N+](C)(C)C)C(O)/C=C/CCCCCCCCCCCCCCCCCCCCCCCCCCCCCCCC. The minimum Gasteiger partial charge on any atom is -0.756 e. The van der Waals surface area contributed by atoms with Crippen molar-refractivity contribution >= 4 is 13.7 Å². The van der Waals surface area contributed by atoms with Crippen LogP contribution >= 0.6 is 7.82 Å². The summed E-state index contributed by atoms with van der Waals surface area (Å²) in [7, 11) is 1.28. The molecule has 2 N–H and O–H groups in total. The van der Waals surface area contributed by atoms with Gasteiger partial charge in [-0.25, -0.2) is 0 Å². The van der Waals surface area contributed by atoms with Crippen LogP contribution in [-0.2, 0) is 18.4 Å². The van der Waals surface area contributed by atoms with Gasteiger partial charge in [-0.15, -0.1) is 0 Å². The molecular weight excluding hydrogens is 1070 g/mol. The van der Waals surface area contributed by atoms with E-state index in [1.807, 2.05) is 27.2 Å². The summed E-state index contributed by atoms with van der Waals surface area (Å²) in [5.41, 5.74) is 0. The third-order valence-electron chi connectivity index (χ3n) is 17.6. The number of likely N-dealkylation sites (N-methyl/N-ethyl adjacent to an activating group) is 1. The highest BCUT2D eigenvalue weighted by atomic mass is 31.2. The van der Waals surface area contributed by atoms with Gasteiger partial charge in [0, 0.05) is 6.42 Å². The molecule has 0 heterocycles. The van der Waals surface area contributed by atoms with Gasteiger partial charge in [0.05, 0.1) is 39.9 Å². The summed E-state index contributed by atoms with van der Waals surface area (Å²) in [5, 5.41) is 14.0. The number of rotatable bonds is 71. The van der Waals surface area contributed by atoms with Crippen molar-refractivity contribution in [3.63, 3.8) is 0 Å². The Morgan fingerprint density at radius 1 is 0.412 bits per heavy atom. The summed E-state index contributed by atoms with van der Waals surface area (Å²) in [6.07, 6.45) is 90.0. The first-order valence-electron chi connectivity index (χ1n) is 37.9. The van der Waals surface area contributed by atoms with Crippen molar-refractivity contribution in [3.05, 3.63) is 36.5 Å². The van der Waals surface area contributed by atoms with Gasteiger partial charge in [0.25, 0.3) is 7.82 Å². The molecule has 0 saturated carbocycles. The van der Waals surface area contributed by atoms with Crippen LogP contribution in [0.4, 0.5) is 0 Å². The fraction of sp³-hybridized carbons (Fsp3) is 0.908. The summed E-state index contributed by atoms with van der Waals surface area (Å²) in [6, 6.07) is -0.887. The molecule has 0 aromatic carbocycles. The van der Waals surface area contributed by atoms with Crippen molar-refractivity contribution in [2.45, 2.75) is 405 Å². The molecule has 8 nitrogen and oxygen atoms in total. The number of hydrogen-bond donors (Lipinski definition) is 2. The van der Waals surface area contributed by atoms with Crippen molar-refractivity contribution in [1.82, 2.24) is 5.32 Å². The minimum atomic E-state index is -4.60. The summed E-state index contributed by atoms with van der Waals surface area (Å²) >= 11 is 0. The Balaban J connectivity index is 3.99. The number of carbonyl (C=O) groups excluding carboxylic acids is 1. The minimum absolute atomic E-state index is 0.00117. The van der Waals surface area contributed by atoms with E-state index in [0.29, 0.717) is 17.4 Å². The van der Waals surface area contributed by atoms with Crippen molar-refractivity contribution < 1.29 is 32.9 Å². The van der Waals surface area contributed by atoms with Gasteiger partial charge in [0.2, 0.25) is 5.91 Å². The molecule has 0 aliphatic carbocycles. The Bertz CT molecular complexity index is 1480. The van der Waals surface area contributed by atoms with Crippen molar-refractivity contribution in [3.8, 4) is 0 Å². The van der Waals surface area contributed by atoms with E-state index < -0.39 is 20.0 Å². The average Bonchev–Trinajstić information content (AvgIpc) is 3.49. The highest BCUT2D eigenvalue weighted by Gasteiger charge is 2.23. The van der Waals surface area contributed by atoms with Gasteiger partial charge in [-0.3, -0.25) is 9.36 Å². The number of nitrogens with one attached hydrogen (secondary N) is 1. The Morgan fingerprint density at radius 2 is 0.682 bits per heavy atom. The van der Waals surface area contributed by atoms with Crippen LogP contribution < -0.4 is 10.2 Å². The molecule has 9 heteroatoms. The Kier molecular flexibility index (Phi) is 66.1. The summed E-state index contributed by atoms with van der Waals surface area (Å²) in [5.74, 6) is -0.189. The highest BCUT2D eigenvalue weighted by molar-refractivity contribution is 7.45. The lowest BCUT2D eigenvalue weighted by molar-refractivity contribution is -0.870. The Hall–Kier alpha value is -1.28. The van der Waals surface area contributed by atoms with Crippen molar-refractivity contribution in [1.29, 1.82) is 0 Å². The number of phosphoric acid groups is 1. The lowest BCUT2D eigenvalue weighted by Gasteiger charge is -2.29. The van der Waals surface area contributed by atoms with Crippen LogP contribution in [0.1, 0.15) is 393 Å². The molecule has 0 spiro atoms. The van der Waals surface area contributed by atoms with Crippen molar-refractivity contribution in [2.75, 3.05) is 40.9 Å². The first-order chi connectivity index (χ1) is 41.5. The Labute approximate surface area is 531 Å². The first-order valence-corrected chi connectivity index (χ1v) is 39.3. The topological polar surface area (TPSA) is 108 Å². The van der Waals surface area contributed by atoms with Gasteiger partial charge in [0.1, 0.15) is 13.2 Å².